The number of rotatable bonds is 14. The molecule has 0 bridgehead atoms. The number of hydrogen-bond donors (Lipinski definition) is 1. The minimum Gasteiger partial charge on any atom is -0.377 e. The molecule has 0 atom stereocenters. The number of carbonyl (C=O) groups excluding carboxylic acids is 1. The normalized spacial score (nSPS) is 10.0. The minimum atomic E-state index is 0.0396. The van der Waals surface area contributed by atoms with E-state index in [-0.39, 0.29) is 5.91 Å². The standard InChI is InChI=1S/C15H27NO5/c1-3-5-7-18-9-11-20-13-14-21-12-10-19-8-6-16-15(17)4-2/h4,6-14H2,1-2H3,(H,16,17). The zero-order valence-corrected chi connectivity index (χ0v) is 13.1. The number of carbonyl (C=O) groups is 1. The van der Waals surface area contributed by atoms with Gasteiger partial charge in [0, 0.05) is 13.0 Å². The Morgan fingerprint density at radius 1 is 0.905 bits per heavy atom. The molecule has 6 heteroatoms. The van der Waals surface area contributed by atoms with Crippen LogP contribution in [0.4, 0.5) is 0 Å². The fraction of sp³-hybridized carbons (Fsp3) is 0.800. The largest absolute Gasteiger partial charge is 0.377 e. The van der Waals surface area contributed by atoms with E-state index in [0.29, 0.717) is 65.8 Å². The van der Waals surface area contributed by atoms with Gasteiger partial charge in [0.2, 0.25) is 5.91 Å². The summed E-state index contributed by atoms with van der Waals surface area (Å²) in [5.74, 6) is 5.60. The second-order valence-electron chi connectivity index (χ2n) is 4.02. The molecule has 0 heterocycles. The van der Waals surface area contributed by atoms with Crippen LogP contribution in [0.5, 0.6) is 0 Å². The van der Waals surface area contributed by atoms with Crippen LogP contribution in [0.25, 0.3) is 0 Å². The molecule has 0 aromatic heterocycles. The monoisotopic (exact) mass is 301 g/mol. The molecule has 6 nitrogen and oxygen atoms in total. The van der Waals surface area contributed by atoms with E-state index in [2.05, 4.69) is 17.2 Å². The summed E-state index contributed by atoms with van der Waals surface area (Å²) in [6.07, 6.45) is 0.500. The van der Waals surface area contributed by atoms with E-state index in [4.69, 9.17) is 18.9 Å². The van der Waals surface area contributed by atoms with Gasteiger partial charge in [-0.05, 0) is 6.92 Å². The molecular formula is C15H27NO5. The van der Waals surface area contributed by atoms with Crippen LogP contribution in [0.3, 0.4) is 0 Å². The van der Waals surface area contributed by atoms with Crippen molar-refractivity contribution in [3.8, 4) is 11.8 Å². The zero-order valence-electron chi connectivity index (χ0n) is 13.1. The molecule has 0 aliphatic heterocycles. The van der Waals surface area contributed by atoms with Gasteiger partial charge in [0.1, 0.15) is 6.61 Å². The fourth-order valence-corrected chi connectivity index (χ4v) is 1.24. The van der Waals surface area contributed by atoms with Gasteiger partial charge in [-0.1, -0.05) is 12.8 Å². The highest BCUT2D eigenvalue weighted by molar-refractivity contribution is 5.75. The van der Waals surface area contributed by atoms with Gasteiger partial charge in [0.25, 0.3) is 0 Å². The molecule has 21 heavy (non-hydrogen) atoms. The van der Waals surface area contributed by atoms with Crippen LogP contribution < -0.4 is 5.32 Å². The molecule has 122 valence electrons. The van der Waals surface area contributed by atoms with E-state index >= 15 is 0 Å². The lowest BCUT2D eigenvalue weighted by Crippen LogP contribution is -2.26. The number of ether oxygens (including phenoxy) is 4. The topological polar surface area (TPSA) is 66.0 Å². The first-order valence-corrected chi connectivity index (χ1v) is 7.28. The second kappa shape index (κ2) is 16.9. The summed E-state index contributed by atoms with van der Waals surface area (Å²) < 4.78 is 21.1. The average Bonchev–Trinajstić information content (AvgIpc) is 2.50. The Morgan fingerprint density at radius 2 is 1.43 bits per heavy atom. The van der Waals surface area contributed by atoms with Crippen molar-refractivity contribution >= 4 is 5.91 Å². The summed E-state index contributed by atoms with van der Waals surface area (Å²) in [6.45, 7) is 8.28. The first-order valence-electron chi connectivity index (χ1n) is 7.28. The minimum absolute atomic E-state index is 0.0396. The molecule has 0 aromatic rings. The quantitative estimate of drug-likeness (QED) is 0.376. The summed E-state index contributed by atoms with van der Waals surface area (Å²) in [4.78, 5) is 10.9. The van der Waals surface area contributed by atoms with Gasteiger partial charge < -0.3 is 24.3 Å². The number of hydrogen-bond acceptors (Lipinski definition) is 5. The van der Waals surface area contributed by atoms with Crippen molar-refractivity contribution in [2.75, 3.05) is 59.4 Å². The van der Waals surface area contributed by atoms with Crippen LogP contribution in [0.15, 0.2) is 0 Å². The molecule has 0 aromatic carbocycles. The van der Waals surface area contributed by atoms with Crippen molar-refractivity contribution in [1.82, 2.24) is 5.32 Å². The SMILES string of the molecule is CC#CCOCCOCCOCCOCCNC(=O)CC. The molecule has 0 aliphatic carbocycles. The Hall–Kier alpha value is -1.13. The summed E-state index contributed by atoms with van der Waals surface area (Å²) in [6, 6.07) is 0. The van der Waals surface area contributed by atoms with E-state index in [0.717, 1.165) is 0 Å². The Labute approximate surface area is 127 Å². The van der Waals surface area contributed by atoms with Crippen LogP contribution >= 0.6 is 0 Å². The molecule has 1 N–H and O–H groups in total. The molecule has 0 spiro atoms. The first-order chi connectivity index (χ1) is 10.3. The van der Waals surface area contributed by atoms with E-state index in [1.807, 2.05) is 6.92 Å². The van der Waals surface area contributed by atoms with Gasteiger partial charge in [-0.25, -0.2) is 0 Å². The van der Waals surface area contributed by atoms with Gasteiger partial charge in [-0.2, -0.15) is 0 Å². The van der Waals surface area contributed by atoms with Crippen LogP contribution in [0, 0.1) is 11.8 Å². The van der Waals surface area contributed by atoms with Crippen molar-refractivity contribution in [2.24, 2.45) is 0 Å². The first kappa shape index (κ1) is 19.9. The van der Waals surface area contributed by atoms with Gasteiger partial charge in [0.05, 0.1) is 46.2 Å². The molecule has 0 saturated carbocycles. The number of nitrogens with one attached hydrogen (secondary N) is 1. The second-order valence-corrected chi connectivity index (χ2v) is 4.02. The van der Waals surface area contributed by atoms with E-state index < -0.39 is 0 Å². The third kappa shape index (κ3) is 16.8. The maximum atomic E-state index is 10.9. The van der Waals surface area contributed by atoms with E-state index in [1.54, 1.807) is 6.92 Å². The summed E-state index contributed by atoms with van der Waals surface area (Å²) in [5, 5.41) is 2.73. The Morgan fingerprint density at radius 3 is 1.95 bits per heavy atom. The van der Waals surface area contributed by atoms with E-state index in [9.17, 15) is 4.79 Å². The molecule has 0 unspecified atom stereocenters. The van der Waals surface area contributed by atoms with Crippen molar-refractivity contribution in [3.05, 3.63) is 0 Å². The molecular weight excluding hydrogens is 274 g/mol. The molecule has 0 rings (SSSR count). The van der Waals surface area contributed by atoms with Gasteiger partial charge in [0.15, 0.2) is 0 Å². The zero-order chi connectivity index (χ0) is 15.6. The highest BCUT2D eigenvalue weighted by Crippen LogP contribution is 1.83. The predicted molar refractivity (Wildman–Crippen MR) is 80.0 cm³/mol. The average molecular weight is 301 g/mol. The van der Waals surface area contributed by atoms with Gasteiger partial charge in [-0.3, -0.25) is 4.79 Å². The molecule has 0 radical (unpaired) electrons. The Balaban J connectivity index is 3.02. The van der Waals surface area contributed by atoms with Crippen molar-refractivity contribution in [2.45, 2.75) is 20.3 Å². The predicted octanol–water partition coefficient (Wildman–Crippen LogP) is 0.602. The van der Waals surface area contributed by atoms with Crippen LogP contribution in [0.1, 0.15) is 20.3 Å². The van der Waals surface area contributed by atoms with Crippen LogP contribution in [-0.2, 0) is 23.7 Å². The van der Waals surface area contributed by atoms with Crippen LogP contribution in [0.2, 0.25) is 0 Å². The van der Waals surface area contributed by atoms with Gasteiger partial charge >= 0.3 is 0 Å². The lowest BCUT2D eigenvalue weighted by atomic mass is 10.4. The van der Waals surface area contributed by atoms with E-state index in [1.165, 1.54) is 0 Å². The molecule has 0 saturated heterocycles. The lowest BCUT2D eigenvalue weighted by molar-refractivity contribution is -0.121. The van der Waals surface area contributed by atoms with Crippen molar-refractivity contribution in [1.29, 1.82) is 0 Å². The summed E-state index contributed by atoms with van der Waals surface area (Å²) >= 11 is 0. The smallest absolute Gasteiger partial charge is 0.219 e. The molecule has 0 fully saturated rings. The number of amides is 1. The maximum absolute atomic E-state index is 10.9. The highest BCUT2D eigenvalue weighted by Gasteiger charge is 1.95. The van der Waals surface area contributed by atoms with Crippen molar-refractivity contribution in [3.63, 3.8) is 0 Å². The lowest BCUT2D eigenvalue weighted by Gasteiger charge is -2.07. The third-order valence-corrected chi connectivity index (χ3v) is 2.36. The molecule has 1 amide bonds. The highest BCUT2D eigenvalue weighted by atomic mass is 16.6. The van der Waals surface area contributed by atoms with Crippen molar-refractivity contribution < 1.29 is 23.7 Å². The maximum Gasteiger partial charge on any atom is 0.219 e. The Kier molecular flexibility index (Phi) is 16.0. The van der Waals surface area contributed by atoms with Gasteiger partial charge in [-0.15, -0.1) is 5.92 Å². The molecule has 0 aliphatic rings. The summed E-state index contributed by atoms with van der Waals surface area (Å²) in [5.41, 5.74) is 0. The third-order valence-electron chi connectivity index (χ3n) is 2.36. The summed E-state index contributed by atoms with van der Waals surface area (Å²) in [7, 11) is 0. The Bertz CT molecular complexity index is 298. The fourth-order valence-electron chi connectivity index (χ4n) is 1.24. The van der Waals surface area contributed by atoms with Crippen LogP contribution in [-0.4, -0.2) is 65.3 Å².